The number of ether oxygens (including phenoxy) is 5. The first-order chi connectivity index (χ1) is 13.7. The first-order valence-corrected chi connectivity index (χ1v) is 8.61. The molecule has 2 rings (SSSR count). The van der Waals surface area contributed by atoms with Crippen molar-refractivity contribution in [1.82, 2.24) is 5.43 Å². The van der Waals surface area contributed by atoms with E-state index in [0.29, 0.717) is 31.1 Å². The van der Waals surface area contributed by atoms with Crippen LogP contribution in [-0.2, 0) is 4.74 Å². The molecule has 0 aromatic heterocycles. The van der Waals surface area contributed by atoms with Crippen molar-refractivity contribution < 1.29 is 28.5 Å². The fourth-order valence-corrected chi connectivity index (χ4v) is 2.21. The molecule has 2 aromatic rings. The number of amides is 1. The third kappa shape index (κ3) is 6.71. The zero-order valence-electron chi connectivity index (χ0n) is 16.1. The first-order valence-electron chi connectivity index (χ1n) is 8.61. The molecule has 0 aliphatic carbocycles. The highest BCUT2D eigenvalue weighted by molar-refractivity contribution is 5.82. The second-order valence-corrected chi connectivity index (χ2v) is 5.50. The third-order valence-corrected chi connectivity index (χ3v) is 3.60. The van der Waals surface area contributed by atoms with Crippen LogP contribution in [0.3, 0.4) is 0 Å². The Hall–Kier alpha value is -3.42. The number of hydrazone groups is 1. The quantitative estimate of drug-likeness (QED) is 0.382. The predicted octanol–water partition coefficient (Wildman–Crippen LogP) is 3.24. The van der Waals surface area contributed by atoms with E-state index in [1.807, 2.05) is 24.3 Å². The first kappa shape index (κ1) is 20.9. The van der Waals surface area contributed by atoms with Crippen LogP contribution in [0, 0.1) is 0 Å². The summed E-state index contributed by atoms with van der Waals surface area (Å²) in [5.41, 5.74) is 2.95. The zero-order valence-corrected chi connectivity index (χ0v) is 16.1. The number of carbonyl (C=O) groups is 1. The normalized spacial score (nSPS) is 10.4. The van der Waals surface area contributed by atoms with Crippen molar-refractivity contribution in [3.63, 3.8) is 0 Å². The van der Waals surface area contributed by atoms with Crippen LogP contribution < -0.4 is 24.4 Å². The molecular weight excluding hydrogens is 364 g/mol. The van der Waals surface area contributed by atoms with Gasteiger partial charge in [-0.15, -0.1) is 0 Å². The van der Waals surface area contributed by atoms with E-state index >= 15 is 0 Å². The number of rotatable bonds is 10. The molecule has 0 radical (unpaired) electrons. The number of nitrogens with zero attached hydrogens (tertiary/aromatic N) is 1. The highest BCUT2D eigenvalue weighted by Crippen LogP contribution is 2.27. The Kier molecular flexibility index (Phi) is 8.45. The van der Waals surface area contributed by atoms with Crippen LogP contribution in [0.4, 0.5) is 4.79 Å². The monoisotopic (exact) mass is 388 g/mol. The van der Waals surface area contributed by atoms with E-state index < -0.39 is 6.09 Å². The van der Waals surface area contributed by atoms with Gasteiger partial charge in [0.2, 0.25) is 0 Å². The van der Waals surface area contributed by atoms with Crippen molar-refractivity contribution in [3.8, 4) is 23.0 Å². The number of hydrogen-bond donors (Lipinski definition) is 1. The van der Waals surface area contributed by atoms with E-state index in [-0.39, 0.29) is 0 Å². The standard InChI is InChI=1S/C20H24N2O6/c1-24-16-6-4-7-17(13-16)27-10-5-11-28-18-9-8-15(12-19(18)25-2)14-21-22-20(23)26-3/h4,6-9,12-14H,5,10-11H2,1-3H3,(H,22,23). The summed E-state index contributed by atoms with van der Waals surface area (Å²) in [6, 6.07) is 12.8. The van der Waals surface area contributed by atoms with Gasteiger partial charge in [0.05, 0.1) is 40.8 Å². The molecule has 0 aliphatic heterocycles. The molecule has 0 atom stereocenters. The van der Waals surface area contributed by atoms with Crippen molar-refractivity contribution >= 4 is 12.3 Å². The predicted molar refractivity (Wildman–Crippen MR) is 105 cm³/mol. The van der Waals surface area contributed by atoms with Crippen LogP contribution in [0.15, 0.2) is 47.6 Å². The average molecular weight is 388 g/mol. The fraction of sp³-hybridized carbons (Fsp3) is 0.300. The third-order valence-electron chi connectivity index (χ3n) is 3.60. The molecule has 1 amide bonds. The van der Waals surface area contributed by atoms with Crippen LogP contribution >= 0.6 is 0 Å². The number of hydrogen-bond acceptors (Lipinski definition) is 7. The van der Waals surface area contributed by atoms with Gasteiger partial charge in [-0.2, -0.15) is 5.10 Å². The van der Waals surface area contributed by atoms with Crippen molar-refractivity contribution in [1.29, 1.82) is 0 Å². The maximum atomic E-state index is 11.0. The summed E-state index contributed by atoms with van der Waals surface area (Å²) in [6.45, 7) is 0.983. The molecule has 0 heterocycles. The van der Waals surface area contributed by atoms with E-state index in [1.165, 1.54) is 13.3 Å². The Morgan fingerprint density at radius 3 is 2.50 bits per heavy atom. The highest BCUT2D eigenvalue weighted by Gasteiger charge is 2.05. The SMILES string of the molecule is COC(=O)NN=Cc1ccc(OCCCOc2cccc(OC)c2)c(OC)c1. The van der Waals surface area contributed by atoms with Gasteiger partial charge < -0.3 is 23.7 Å². The maximum absolute atomic E-state index is 11.0. The molecule has 8 heteroatoms. The van der Waals surface area contributed by atoms with Gasteiger partial charge in [-0.25, -0.2) is 10.2 Å². The molecule has 0 unspecified atom stereocenters. The van der Waals surface area contributed by atoms with E-state index in [1.54, 1.807) is 32.4 Å². The minimum absolute atomic E-state index is 0.470. The van der Waals surface area contributed by atoms with Crippen molar-refractivity contribution in [2.24, 2.45) is 5.10 Å². The molecule has 8 nitrogen and oxygen atoms in total. The Balaban J connectivity index is 1.80. The molecule has 0 saturated carbocycles. The number of methoxy groups -OCH3 is 3. The lowest BCUT2D eigenvalue weighted by Crippen LogP contribution is -2.16. The van der Waals surface area contributed by atoms with Gasteiger partial charge in [-0.1, -0.05) is 6.07 Å². The maximum Gasteiger partial charge on any atom is 0.427 e. The van der Waals surface area contributed by atoms with Crippen LogP contribution in [0.1, 0.15) is 12.0 Å². The lowest BCUT2D eigenvalue weighted by Gasteiger charge is -2.12. The highest BCUT2D eigenvalue weighted by atomic mass is 16.5. The second-order valence-electron chi connectivity index (χ2n) is 5.50. The van der Waals surface area contributed by atoms with Gasteiger partial charge in [0.25, 0.3) is 0 Å². The molecule has 0 saturated heterocycles. The van der Waals surface area contributed by atoms with E-state index in [2.05, 4.69) is 15.3 Å². The van der Waals surface area contributed by atoms with Gasteiger partial charge in [0.15, 0.2) is 11.5 Å². The Labute approximate surface area is 164 Å². The Bertz CT molecular complexity index is 794. The molecule has 0 aliphatic rings. The van der Waals surface area contributed by atoms with Crippen molar-refractivity contribution in [2.75, 3.05) is 34.5 Å². The fourth-order valence-electron chi connectivity index (χ4n) is 2.21. The van der Waals surface area contributed by atoms with Crippen LogP contribution in [0.25, 0.3) is 0 Å². The lowest BCUT2D eigenvalue weighted by atomic mass is 10.2. The smallest absolute Gasteiger partial charge is 0.427 e. The van der Waals surface area contributed by atoms with Gasteiger partial charge in [0, 0.05) is 12.5 Å². The molecule has 150 valence electrons. The van der Waals surface area contributed by atoms with E-state index in [9.17, 15) is 4.79 Å². The lowest BCUT2D eigenvalue weighted by molar-refractivity contribution is 0.171. The minimum atomic E-state index is -0.640. The summed E-state index contributed by atoms with van der Waals surface area (Å²) in [5, 5.41) is 3.77. The summed E-state index contributed by atoms with van der Waals surface area (Å²) in [7, 11) is 4.44. The van der Waals surface area contributed by atoms with Gasteiger partial charge in [-0.05, 0) is 35.9 Å². The van der Waals surface area contributed by atoms with Gasteiger partial charge in [-0.3, -0.25) is 0 Å². The summed E-state index contributed by atoms with van der Waals surface area (Å²) in [4.78, 5) is 11.0. The molecule has 0 bridgehead atoms. The van der Waals surface area contributed by atoms with Crippen LogP contribution in [-0.4, -0.2) is 46.9 Å². The number of carbonyl (C=O) groups excluding carboxylic acids is 1. The summed E-state index contributed by atoms with van der Waals surface area (Å²) >= 11 is 0. The second kappa shape index (κ2) is 11.3. The number of benzene rings is 2. The molecule has 0 fully saturated rings. The minimum Gasteiger partial charge on any atom is -0.497 e. The average Bonchev–Trinajstić information content (AvgIpc) is 2.74. The van der Waals surface area contributed by atoms with Gasteiger partial charge in [0.1, 0.15) is 11.5 Å². The van der Waals surface area contributed by atoms with Crippen LogP contribution in [0.5, 0.6) is 23.0 Å². The van der Waals surface area contributed by atoms with Crippen molar-refractivity contribution in [2.45, 2.75) is 6.42 Å². The Morgan fingerprint density at radius 1 is 0.964 bits per heavy atom. The molecular formula is C20H24N2O6. The molecule has 28 heavy (non-hydrogen) atoms. The summed E-state index contributed by atoms with van der Waals surface area (Å²) in [6.07, 6.45) is 1.54. The largest absolute Gasteiger partial charge is 0.497 e. The summed E-state index contributed by atoms with van der Waals surface area (Å²) in [5.74, 6) is 2.68. The zero-order chi connectivity index (χ0) is 20.2. The van der Waals surface area contributed by atoms with Crippen molar-refractivity contribution in [3.05, 3.63) is 48.0 Å². The van der Waals surface area contributed by atoms with Crippen LogP contribution in [0.2, 0.25) is 0 Å². The molecule has 1 N–H and O–H groups in total. The number of nitrogens with one attached hydrogen (secondary N) is 1. The summed E-state index contributed by atoms with van der Waals surface area (Å²) < 4.78 is 26.4. The molecule has 2 aromatic carbocycles. The van der Waals surface area contributed by atoms with E-state index in [0.717, 1.165) is 17.1 Å². The topological polar surface area (TPSA) is 87.6 Å². The van der Waals surface area contributed by atoms with Gasteiger partial charge >= 0.3 is 6.09 Å². The molecule has 0 spiro atoms. The Morgan fingerprint density at radius 2 is 1.75 bits per heavy atom. The van der Waals surface area contributed by atoms with E-state index in [4.69, 9.17) is 18.9 Å².